The van der Waals surface area contributed by atoms with Crippen molar-refractivity contribution in [2.24, 2.45) is 0 Å². The van der Waals surface area contributed by atoms with E-state index in [-0.39, 0.29) is 17.9 Å². The number of Topliss-reactive ketones (excluding diaryl/α,β-unsaturated/α-hetero) is 1. The molecule has 74 valence electrons. The number of ketones is 1. The Morgan fingerprint density at radius 1 is 1.62 bits per heavy atom. The molecule has 1 aliphatic rings. The van der Waals surface area contributed by atoms with E-state index in [0.717, 1.165) is 25.7 Å². The third-order valence-corrected chi connectivity index (χ3v) is 2.26. The van der Waals surface area contributed by atoms with E-state index in [1.807, 2.05) is 0 Å². The summed E-state index contributed by atoms with van der Waals surface area (Å²) >= 11 is 0. The lowest BCUT2D eigenvalue weighted by Gasteiger charge is -2.21. The zero-order valence-electron chi connectivity index (χ0n) is 8.04. The van der Waals surface area contributed by atoms with E-state index < -0.39 is 0 Å². The summed E-state index contributed by atoms with van der Waals surface area (Å²) in [5, 5.41) is 0. The fraction of sp³-hybridized carbons (Fsp3) is 0.800. The molecule has 0 radical (unpaired) electrons. The second kappa shape index (κ2) is 5.00. The Bertz CT molecular complexity index is 198. The van der Waals surface area contributed by atoms with Crippen molar-refractivity contribution in [3.8, 4) is 0 Å². The van der Waals surface area contributed by atoms with Gasteiger partial charge in [-0.05, 0) is 32.6 Å². The molecule has 1 atom stereocenters. The molecule has 0 amide bonds. The number of ether oxygens (including phenoxy) is 1. The predicted molar refractivity (Wildman–Crippen MR) is 48.3 cm³/mol. The third kappa shape index (κ3) is 4.06. The van der Waals surface area contributed by atoms with Crippen LogP contribution >= 0.6 is 0 Å². The van der Waals surface area contributed by atoms with Crippen LogP contribution in [0.1, 0.15) is 45.4 Å². The summed E-state index contributed by atoms with van der Waals surface area (Å²) in [5.41, 5.74) is 0. The molecule has 0 aromatic rings. The maximum Gasteiger partial charge on any atom is 0.306 e. The summed E-state index contributed by atoms with van der Waals surface area (Å²) < 4.78 is 5.12. The van der Waals surface area contributed by atoms with E-state index in [2.05, 4.69) is 0 Å². The standard InChI is InChI=1S/C10H16O3/c1-8(11)4-2-5-9-6-3-7-10(12)13-9/h9H,2-7H2,1H3/t9-/m0/s1. The zero-order chi connectivity index (χ0) is 9.68. The molecule has 1 saturated heterocycles. The van der Waals surface area contributed by atoms with Gasteiger partial charge in [0, 0.05) is 12.8 Å². The average Bonchev–Trinajstić information content (AvgIpc) is 2.03. The Morgan fingerprint density at radius 2 is 2.38 bits per heavy atom. The molecule has 13 heavy (non-hydrogen) atoms. The van der Waals surface area contributed by atoms with Gasteiger partial charge in [0.1, 0.15) is 11.9 Å². The lowest BCUT2D eigenvalue weighted by Crippen LogP contribution is -2.23. The van der Waals surface area contributed by atoms with Gasteiger partial charge in [-0.2, -0.15) is 0 Å². The van der Waals surface area contributed by atoms with Gasteiger partial charge in [0.25, 0.3) is 0 Å². The van der Waals surface area contributed by atoms with Crippen LogP contribution in [-0.4, -0.2) is 17.9 Å². The highest BCUT2D eigenvalue weighted by Crippen LogP contribution is 2.18. The molecule has 0 spiro atoms. The van der Waals surface area contributed by atoms with Gasteiger partial charge < -0.3 is 9.53 Å². The van der Waals surface area contributed by atoms with Crippen molar-refractivity contribution >= 4 is 11.8 Å². The minimum atomic E-state index is -0.0842. The van der Waals surface area contributed by atoms with Crippen LogP contribution in [0.2, 0.25) is 0 Å². The van der Waals surface area contributed by atoms with Gasteiger partial charge in [-0.3, -0.25) is 4.79 Å². The van der Waals surface area contributed by atoms with Crippen LogP contribution in [0, 0.1) is 0 Å². The van der Waals surface area contributed by atoms with Crippen LogP contribution in [0.4, 0.5) is 0 Å². The SMILES string of the molecule is CC(=O)CCC[C@H]1CCCC(=O)O1. The van der Waals surface area contributed by atoms with Crippen LogP contribution in [0.3, 0.4) is 0 Å². The molecule has 0 unspecified atom stereocenters. The molecule has 1 fully saturated rings. The number of cyclic esters (lactones) is 1. The van der Waals surface area contributed by atoms with Gasteiger partial charge in [-0.25, -0.2) is 0 Å². The normalized spacial score (nSPS) is 22.5. The molecule has 1 aliphatic heterocycles. The van der Waals surface area contributed by atoms with Crippen LogP contribution < -0.4 is 0 Å². The molecule has 0 aromatic carbocycles. The second-order valence-corrected chi connectivity index (χ2v) is 3.60. The number of carbonyl (C=O) groups is 2. The van der Waals surface area contributed by atoms with E-state index in [9.17, 15) is 9.59 Å². The fourth-order valence-electron chi connectivity index (χ4n) is 1.56. The van der Waals surface area contributed by atoms with Crippen LogP contribution in [0.15, 0.2) is 0 Å². The average molecular weight is 184 g/mol. The molecule has 1 rings (SSSR count). The molecule has 0 N–H and O–H groups in total. The molecule has 0 bridgehead atoms. The Morgan fingerprint density at radius 3 is 3.00 bits per heavy atom. The van der Waals surface area contributed by atoms with Gasteiger partial charge >= 0.3 is 5.97 Å². The van der Waals surface area contributed by atoms with Crippen molar-refractivity contribution in [1.29, 1.82) is 0 Å². The highest BCUT2D eigenvalue weighted by molar-refractivity contribution is 5.75. The Balaban J connectivity index is 2.13. The minimum absolute atomic E-state index is 0.0700. The van der Waals surface area contributed by atoms with Crippen molar-refractivity contribution < 1.29 is 14.3 Å². The van der Waals surface area contributed by atoms with E-state index in [4.69, 9.17) is 4.74 Å². The topological polar surface area (TPSA) is 43.4 Å². The fourth-order valence-corrected chi connectivity index (χ4v) is 1.56. The molecule has 0 aliphatic carbocycles. The number of esters is 1. The molecule has 0 saturated carbocycles. The molecule has 1 heterocycles. The summed E-state index contributed by atoms with van der Waals surface area (Å²) in [7, 11) is 0. The van der Waals surface area contributed by atoms with Crippen molar-refractivity contribution in [1.82, 2.24) is 0 Å². The van der Waals surface area contributed by atoms with Gasteiger partial charge in [0.2, 0.25) is 0 Å². The van der Waals surface area contributed by atoms with Crippen LogP contribution in [-0.2, 0) is 14.3 Å². The highest BCUT2D eigenvalue weighted by atomic mass is 16.5. The highest BCUT2D eigenvalue weighted by Gasteiger charge is 2.19. The summed E-state index contributed by atoms with van der Waals surface area (Å²) in [4.78, 5) is 21.5. The zero-order valence-corrected chi connectivity index (χ0v) is 8.04. The maximum atomic E-state index is 10.9. The number of carbonyl (C=O) groups excluding carboxylic acids is 2. The van der Waals surface area contributed by atoms with Gasteiger partial charge in [-0.15, -0.1) is 0 Å². The first-order valence-electron chi connectivity index (χ1n) is 4.87. The summed E-state index contributed by atoms with van der Waals surface area (Å²) in [5.74, 6) is 0.126. The first kappa shape index (κ1) is 10.2. The maximum absolute atomic E-state index is 10.9. The Hall–Kier alpha value is -0.860. The lowest BCUT2D eigenvalue weighted by molar-refractivity contribution is -0.154. The van der Waals surface area contributed by atoms with Crippen molar-refractivity contribution in [3.63, 3.8) is 0 Å². The van der Waals surface area contributed by atoms with Gasteiger partial charge in [0.05, 0.1) is 0 Å². The molecule has 0 aromatic heterocycles. The largest absolute Gasteiger partial charge is 0.462 e. The van der Waals surface area contributed by atoms with E-state index in [1.54, 1.807) is 6.92 Å². The lowest BCUT2D eigenvalue weighted by atomic mass is 10.0. The molecule has 3 heteroatoms. The van der Waals surface area contributed by atoms with Crippen molar-refractivity contribution in [2.75, 3.05) is 0 Å². The Labute approximate surface area is 78.5 Å². The molecular formula is C10H16O3. The smallest absolute Gasteiger partial charge is 0.306 e. The quantitative estimate of drug-likeness (QED) is 0.626. The van der Waals surface area contributed by atoms with Crippen molar-refractivity contribution in [2.45, 2.75) is 51.6 Å². The second-order valence-electron chi connectivity index (χ2n) is 3.60. The predicted octanol–water partition coefficient (Wildman–Crippen LogP) is 1.84. The molecular weight excluding hydrogens is 168 g/mol. The summed E-state index contributed by atoms with van der Waals surface area (Å²) in [6, 6.07) is 0. The number of rotatable bonds is 4. The van der Waals surface area contributed by atoms with Gasteiger partial charge in [0.15, 0.2) is 0 Å². The van der Waals surface area contributed by atoms with Crippen LogP contribution in [0.25, 0.3) is 0 Å². The number of hydrogen-bond acceptors (Lipinski definition) is 3. The third-order valence-electron chi connectivity index (χ3n) is 2.26. The van der Waals surface area contributed by atoms with E-state index >= 15 is 0 Å². The minimum Gasteiger partial charge on any atom is -0.462 e. The molecule has 3 nitrogen and oxygen atoms in total. The number of hydrogen-bond donors (Lipinski definition) is 0. The van der Waals surface area contributed by atoms with Crippen LogP contribution in [0.5, 0.6) is 0 Å². The summed E-state index contributed by atoms with van der Waals surface area (Å²) in [6.07, 6.45) is 4.81. The van der Waals surface area contributed by atoms with E-state index in [0.29, 0.717) is 12.8 Å². The van der Waals surface area contributed by atoms with Gasteiger partial charge in [-0.1, -0.05) is 0 Å². The first-order valence-corrected chi connectivity index (χ1v) is 4.87. The first-order chi connectivity index (χ1) is 6.18. The monoisotopic (exact) mass is 184 g/mol. The van der Waals surface area contributed by atoms with E-state index in [1.165, 1.54) is 0 Å². The summed E-state index contributed by atoms with van der Waals surface area (Å²) in [6.45, 7) is 1.59. The van der Waals surface area contributed by atoms with Crippen molar-refractivity contribution in [3.05, 3.63) is 0 Å². The Kier molecular flexibility index (Phi) is 3.93.